The highest BCUT2D eigenvalue weighted by Crippen LogP contribution is 2.33. The summed E-state index contributed by atoms with van der Waals surface area (Å²) in [5.41, 5.74) is 7.91. The molecule has 0 aliphatic heterocycles. The van der Waals surface area contributed by atoms with Gasteiger partial charge < -0.3 is 15.8 Å². The zero-order valence-electron chi connectivity index (χ0n) is 12.9. The third kappa shape index (κ3) is 3.64. The maximum atomic E-state index is 9.13. The fourth-order valence-corrected chi connectivity index (χ4v) is 3.59. The average molecular weight is 307 g/mol. The molecule has 116 valence electrons. The van der Waals surface area contributed by atoms with Crippen molar-refractivity contribution in [3.8, 4) is 0 Å². The van der Waals surface area contributed by atoms with Crippen LogP contribution in [0.3, 0.4) is 0 Å². The van der Waals surface area contributed by atoms with Crippen LogP contribution in [0.4, 0.5) is 5.69 Å². The third-order valence-corrected chi connectivity index (χ3v) is 5.03. The van der Waals surface area contributed by atoms with Crippen molar-refractivity contribution in [3.63, 3.8) is 0 Å². The fourth-order valence-electron chi connectivity index (χ4n) is 2.75. The molecule has 0 unspecified atom stereocenters. The summed E-state index contributed by atoms with van der Waals surface area (Å²) in [6, 6.07) is 6.18. The van der Waals surface area contributed by atoms with Crippen molar-refractivity contribution in [2.45, 2.75) is 38.0 Å². The number of benzene rings is 1. The molecule has 21 heavy (non-hydrogen) atoms. The van der Waals surface area contributed by atoms with E-state index in [0.717, 1.165) is 40.9 Å². The zero-order chi connectivity index (χ0) is 15.2. The van der Waals surface area contributed by atoms with E-state index in [1.807, 2.05) is 6.07 Å². The molecule has 2 rings (SSSR count). The predicted molar refractivity (Wildman–Crippen MR) is 90.6 cm³/mol. The minimum atomic E-state index is 0.202. The molecule has 0 radical (unpaired) electrons. The van der Waals surface area contributed by atoms with Gasteiger partial charge in [-0.1, -0.05) is 24.6 Å². The topological polar surface area (TPSA) is 61.8 Å². The highest BCUT2D eigenvalue weighted by Gasteiger charge is 2.23. The Labute approximate surface area is 131 Å². The number of hydrogen-bond donors (Lipinski definition) is 2. The highest BCUT2D eigenvalue weighted by atomic mass is 32.2. The number of nitrogens with two attached hydrogens (primary N) is 1. The van der Waals surface area contributed by atoms with Gasteiger partial charge in [-0.3, -0.25) is 0 Å². The Hall–Kier alpha value is -1.36. The lowest BCUT2D eigenvalue weighted by atomic mass is 9.85. The van der Waals surface area contributed by atoms with Gasteiger partial charge in [-0.2, -0.15) is 0 Å². The molecule has 3 N–H and O–H groups in total. The maximum absolute atomic E-state index is 9.13. The largest absolute Gasteiger partial charge is 0.409 e. The van der Waals surface area contributed by atoms with Crippen LogP contribution in [0.15, 0.2) is 28.3 Å². The summed E-state index contributed by atoms with van der Waals surface area (Å²) in [6.45, 7) is 6.26. The molecular weight excluding hydrogens is 282 g/mol. The van der Waals surface area contributed by atoms with Crippen LogP contribution in [0, 0.1) is 5.92 Å². The molecule has 0 saturated heterocycles. The van der Waals surface area contributed by atoms with Crippen LogP contribution in [0.25, 0.3) is 0 Å². The van der Waals surface area contributed by atoms with Crippen LogP contribution < -0.4 is 10.6 Å². The van der Waals surface area contributed by atoms with E-state index in [2.05, 4.69) is 36.0 Å². The Morgan fingerprint density at radius 3 is 2.71 bits per heavy atom. The summed E-state index contributed by atoms with van der Waals surface area (Å²) in [7, 11) is 0. The molecule has 1 aromatic carbocycles. The Morgan fingerprint density at radius 1 is 1.43 bits per heavy atom. The minimum absolute atomic E-state index is 0.202. The molecule has 0 aromatic heterocycles. The molecule has 5 heteroatoms. The standard InChI is InChI=1S/C16H25N3OS/c1-3-19(11-12-7-5-8-12)13-9-6-10-14(21-4-2)15(13)16(17)18-20/h6,9-10,12,20H,3-5,7-8,11H2,1-2H3,(H2,17,18). The van der Waals surface area contributed by atoms with Gasteiger partial charge in [-0.15, -0.1) is 11.8 Å². The summed E-state index contributed by atoms with van der Waals surface area (Å²) in [5, 5.41) is 12.4. The third-order valence-electron chi connectivity index (χ3n) is 4.09. The molecule has 0 spiro atoms. The van der Waals surface area contributed by atoms with Crippen molar-refractivity contribution >= 4 is 23.3 Å². The smallest absolute Gasteiger partial charge is 0.173 e. The summed E-state index contributed by atoms with van der Waals surface area (Å²) in [6.07, 6.45) is 3.98. The van der Waals surface area contributed by atoms with Crippen LogP contribution in [0.1, 0.15) is 38.7 Å². The molecule has 1 saturated carbocycles. The molecule has 1 aromatic rings. The molecule has 0 atom stereocenters. The van der Waals surface area contributed by atoms with E-state index in [0.29, 0.717) is 0 Å². The van der Waals surface area contributed by atoms with Crippen LogP contribution >= 0.6 is 11.8 Å². The molecule has 0 heterocycles. The van der Waals surface area contributed by atoms with Crippen LogP contribution in [-0.2, 0) is 0 Å². The van der Waals surface area contributed by atoms with Crippen molar-refractivity contribution in [3.05, 3.63) is 23.8 Å². The van der Waals surface area contributed by atoms with Gasteiger partial charge in [-0.05, 0) is 43.6 Å². The lowest BCUT2D eigenvalue weighted by Gasteiger charge is -2.34. The quantitative estimate of drug-likeness (QED) is 0.266. The Balaban J connectivity index is 2.37. The van der Waals surface area contributed by atoms with E-state index < -0.39 is 0 Å². The summed E-state index contributed by atoms with van der Waals surface area (Å²) in [4.78, 5) is 3.44. The second kappa shape index (κ2) is 7.59. The van der Waals surface area contributed by atoms with Gasteiger partial charge in [0.15, 0.2) is 5.84 Å². The average Bonchev–Trinajstić information content (AvgIpc) is 2.46. The van der Waals surface area contributed by atoms with Crippen molar-refractivity contribution in [1.82, 2.24) is 0 Å². The van der Waals surface area contributed by atoms with E-state index in [1.54, 1.807) is 11.8 Å². The number of rotatable bonds is 7. The Bertz CT molecular complexity index is 500. The maximum Gasteiger partial charge on any atom is 0.173 e. The van der Waals surface area contributed by atoms with Crippen LogP contribution in [0.2, 0.25) is 0 Å². The SMILES string of the molecule is CCSc1cccc(N(CC)CC2CCC2)c1/C(N)=N/O. The molecule has 1 aliphatic rings. The number of amidine groups is 1. The van der Waals surface area contributed by atoms with E-state index in [9.17, 15) is 0 Å². The first-order valence-corrected chi connectivity index (χ1v) is 8.68. The highest BCUT2D eigenvalue weighted by molar-refractivity contribution is 7.99. The number of oxime groups is 1. The van der Waals surface area contributed by atoms with Gasteiger partial charge in [0, 0.05) is 23.7 Å². The summed E-state index contributed by atoms with van der Waals surface area (Å²) in [5.74, 6) is 1.95. The zero-order valence-corrected chi connectivity index (χ0v) is 13.7. The number of hydrogen-bond acceptors (Lipinski definition) is 4. The second-order valence-corrected chi connectivity index (χ2v) is 6.71. The summed E-state index contributed by atoms with van der Waals surface area (Å²) < 4.78 is 0. The monoisotopic (exact) mass is 307 g/mol. The van der Waals surface area contributed by atoms with Gasteiger partial charge in [-0.25, -0.2) is 0 Å². The Kier molecular flexibility index (Phi) is 5.79. The van der Waals surface area contributed by atoms with Crippen molar-refractivity contribution < 1.29 is 5.21 Å². The van der Waals surface area contributed by atoms with Crippen molar-refractivity contribution in [2.75, 3.05) is 23.7 Å². The van der Waals surface area contributed by atoms with E-state index in [-0.39, 0.29) is 5.84 Å². The lowest BCUT2D eigenvalue weighted by Crippen LogP contribution is -2.34. The molecule has 0 amide bonds. The van der Waals surface area contributed by atoms with Gasteiger partial charge in [0.2, 0.25) is 0 Å². The Morgan fingerprint density at radius 2 is 2.19 bits per heavy atom. The molecule has 0 bridgehead atoms. The van der Waals surface area contributed by atoms with Crippen molar-refractivity contribution in [2.24, 2.45) is 16.8 Å². The van der Waals surface area contributed by atoms with Gasteiger partial charge >= 0.3 is 0 Å². The second-order valence-electron chi connectivity index (χ2n) is 5.40. The molecule has 4 nitrogen and oxygen atoms in total. The van der Waals surface area contributed by atoms with Gasteiger partial charge in [0.05, 0.1) is 5.56 Å². The fraction of sp³-hybridized carbons (Fsp3) is 0.562. The van der Waals surface area contributed by atoms with E-state index in [4.69, 9.17) is 10.9 Å². The number of anilines is 1. The first-order valence-electron chi connectivity index (χ1n) is 7.69. The molecule has 1 aliphatic carbocycles. The van der Waals surface area contributed by atoms with Crippen molar-refractivity contribution in [1.29, 1.82) is 0 Å². The predicted octanol–water partition coefficient (Wildman–Crippen LogP) is 3.52. The minimum Gasteiger partial charge on any atom is -0.409 e. The number of thioether (sulfide) groups is 1. The molecular formula is C16H25N3OS. The first kappa shape index (κ1) is 16.0. The van der Waals surface area contributed by atoms with Crippen LogP contribution in [-0.4, -0.2) is 29.9 Å². The summed E-state index contributed by atoms with van der Waals surface area (Å²) >= 11 is 1.73. The van der Waals surface area contributed by atoms with E-state index in [1.165, 1.54) is 19.3 Å². The van der Waals surface area contributed by atoms with E-state index >= 15 is 0 Å². The normalized spacial score (nSPS) is 15.8. The lowest BCUT2D eigenvalue weighted by molar-refractivity contribution is 0.317. The number of nitrogens with zero attached hydrogens (tertiary/aromatic N) is 2. The van der Waals surface area contributed by atoms with Gasteiger partial charge in [0.1, 0.15) is 0 Å². The molecule has 1 fully saturated rings. The first-order chi connectivity index (χ1) is 10.2. The van der Waals surface area contributed by atoms with Gasteiger partial charge in [0.25, 0.3) is 0 Å². The van der Waals surface area contributed by atoms with Crippen LogP contribution in [0.5, 0.6) is 0 Å².